The van der Waals surface area contributed by atoms with Gasteiger partial charge in [-0.15, -0.1) is 0 Å². The molecule has 0 aromatic heterocycles. The van der Waals surface area contributed by atoms with E-state index in [1.54, 1.807) is 36.4 Å². The van der Waals surface area contributed by atoms with Crippen LogP contribution < -0.4 is 18.7 Å². The molecule has 7 nitrogen and oxygen atoms in total. The van der Waals surface area contributed by atoms with Crippen molar-refractivity contribution in [2.24, 2.45) is 5.92 Å². The van der Waals surface area contributed by atoms with Crippen LogP contribution in [0.2, 0.25) is 0 Å². The largest absolute Gasteiger partial charge is 0.497 e. The van der Waals surface area contributed by atoms with Gasteiger partial charge in [-0.3, -0.25) is 9.10 Å². The minimum absolute atomic E-state index is 0.0328. The van der Waals surface area contributed by atoms with Gasteiger partial charge in [0.05, 0.1) is 24.8 Å². The van der Waals surface area contributed by atoms with E-state index in [0.717, 1.165) is 24.1 Å². The van der Waals surface area contributed by atoms with Gasteiger partial charge >= 0.3 is 0 Å². The number of amides is 1. The van der Waals surface area contributed by atoms with Gasteiger partial charge in [0.25, 0.3) is 10.0 Å². The number of rotatable bonds is 6. The number of hydrogen-bond donors (Lipinski definition) is 0. The summed E-state index contributed by atoms with van der Waals surface area (Å²) in [5.41, 5.74) is 2.12. The second-order valence-electron chi connectivity index (χ2n) is 7.84. The highest BCUT2D eigenvalue weighted by molar-refractivity contribution is 7.92. The number of nitrogens with zero attached hydrogens (tertiary/aromatic N) is 2. The Morgan fingerprint density at radius 2 is 1.83 bits per heavy atom. The van der Waals surface area contributed by atoms with Gasteiger partial charge in [0, 0.05) is 30.8 Å². The highest BCUT2D eigenvalue weighted by atomic mass is 32.2. The molecular formula is C22H26N2O5S. The Balaban J connectivity index is 1.67. The molecule has 0 radical (unpaired) electrons. The van der Waals surface area contributed by atoms with Crippen molar-refractivity contribution in [3.05, 3.63) is 42.0 Å². The summed E-state index contributed by atoms with van der Waals surface area (Å²) in [6, 6.07) is 10.0. The number of hydrogen-bond acceptors (Lipinski definition) is 5. The molecule has 1 aliphatic carbocycles. The smallest absolute Gasteiger partial charge is 0.264 e. The van der Waals surface area contributed by atoms with Crippen molar-refractivity contribution in [1.82, 2.24) is 0 Å². The minimum atomic E-state index is -3.82. The maximum absolute atomic E-state index is 13.3. The Labute approximate surface area is 177 Å². The number of methoxy groups -OCH3 is 2. The summed E-state index contributed by atoms with van der Waals surface area (Å²) in [6.45, 7) is 2.00. The van der Waals surface area contributed by atoms with Gasteiger partial charge in [-0.25, -0.2) is 8.42 Å². The molecule has 1 saturated carbocycles. The van der Waals surface area contributed by atoms with Crippen molar-refractivity contribution in [2.75, 3.05) is 30.5 Å². The van der Waals surface area contributed by atoms with Crippen LogP contribution in [0.5, 0.6) is 11.5 Å². The number of fused-ring (bicyclic) bond motifs is 1. The van der Waals surface area contributed by atoms with Gasteiger partial charge in [-0.1, -0.05) is 0 Å². The molecule has 2 aromatic rings. The fraction of sp³-hybridized carbons (Fsp3) is 0.409. The Bertz CT molecular complexity index is 1090. The standard InChI is InChI=1S/C22H26N2O5S/c1-14-11-16-12-18(8-10-19(16)24(14)22(25)15-5-6-15)30(26,27)23(2)20-9-7-17(28-3)13-21(20)29-4/h7-10,12-15H,5-6,11H2,1-4H3/t14-/m1/s1. The molecule has 0 unspecified atom stereocenters. The average molecular weight is 431 g/mol. The predicted octanol–water partition coefficient (Wildman–Crippen LogP) is 3.22. The SMILES string of the molecule is COc1ccc(N(C)S(=O)(=O)c2ccc3c(c2)C[C@@H](C)N3C(=O)C2CC2)c(OC)c1. The van der Waals surface area contributed by atoms with Crippen LogP contribution >= 0.6 is 0 Å². The molecule has 2 aliphatic rings. The molecule has 1 heterocycles. The molecule has 4 rings (SSSR count). The van der Waals surface area contributed by atoms with Crippen LogP contribution in [0.3, 0.4) is 0 Å². The van der Waals surface area contributed by atoms with Crippen LogP contribution in [0.15, 0.2) is 41.3 Å². The predicted molar refractivity (Wildman–Crippen MR) is 115 cm³/mol. The van der Waals surface area contributed by atoms with Crippen LogP contribution in [-0.4, -0.2) is 41.6 Å². The molecule has 0 spiro atoms. The first-order chi connectivity index (χ1) is 14.3. The highest BCUT2D eigenvalue weighted by Gasteiger charge is 2.40. The zero-order valence-electron chi connectivity index (χ0n) is 17.6. The van der Waals surface area contributed by atoms with E-state index in [2.05, 4.69) is 0 Å². The van der Waals surface area contributed by atoms with Crippen LogP contribution in [0.4, 0.5) is 11.4 Å². The van der Waals surface area contributed by atoms with Gasteiger partial charge in [0.15, 0.2) is 0 Å². The van der Waals surface area contributed by atoms with E-state index in [9.17, 15) is 13.2 Å². The van der Waals surface area contributed by atoms with Crippen molar-refractivity contribution in [3.63, 3.8) is 0 Å². The molecule has 0 bridgehead atoms. The summed E-state index contributed by atoms with van der Waals surface area (Å²) in [7, 11) is 0.709. The van der Waals surface area contributed by atoms with E-state index in [0.29, 0.717) is 23.6 Å². The lowest BCUT2D eigenvalue weighted by atomic mass is 10.1. The molecule has 8 heteroatoms. The molecule has 0 saturated heterocycles. The Morgan fingerprint density at radius 1 is 1.10 bits per heavy atom. The monoisotopic (exact) mass is 430 g/mol. The lowest BCUT2D eigenvalue weighted by Gasteiger charge is -2.24. The van der Waals surface area contributed by atoms with Crippen LogP contribution in [0.25, 0.3) is 0 Å². The number of carbonyl (C=O) groups excluding carboxylic acids is 1. The van der Waals surface area contributed by atoms with Gasteiger partial charge < -0.3 is 14.4 Å². The third kappa shape index (κ3) is 3.39. The zero-order chi connectivity index (χ0) is 21.6. The van der Waals surface area contributed by atoms with Gasteiger partial charge in [0.2, 0.25) is 5.91 Å². The van der Waals surface area contributed by atoms with Crippen molar-refractivity contribution < 1.29 is 22.7 Å². The molecule has 1 fully saturated rings. The Kier molecular flexibility index (Phi) is 5.13. The number of ether oxygens (including phenoxy) is 2. The maximum atomic E-state index is 13.3. The van der Waals surface area contributed by atoms with E-state index in [-0.39, 0.29) is 22.8 Å². The summed E-state index contributed by atoms with van der Waals surface area (Å²) >= 11 is 0. The number of sulfonamides is 1. The average Bonchev–Trinajstić information content (AvgIpc) is 3.54. The Hall–Kier alpha value is -2.74. The zero-order valence-corrected chi connectivity index (χ0v) is 18.4. The van der Waals surface area contributed by atoms with Crippen molar-refractivity contribution in [3.8, 4) is 11.5 Å². The second kappa shape index (κ2) is 7.50. The van der Waals surface area contributed by atoms with E-state index < -0.39 is 10.0 Å². The van der Waals surface area contributed by atoms with Crippen LogP contribution in [0.1, 0.15) is 25.3 Å². The minimum Gasteiger partial charge on any atom is -0.497 e. The van der Waals surface area contributed by atoms with Gasteiger partial charge in [-0.05, 0) is 62.1 Å². The van der Waals surface area contributed by atoms with Gasteiger partial charge in [0.1, 0.15) is 11.5 Å². The second-order valence-corrected chi connectivity index (χ2v) is 9.81. The topological polar surface area (TPSA) is 76.2 Å². The quantitative estimate of drug-likeness (QED) is 0.703. The van der Waals surface area contributed by atoms with Crippen molar-refractivity contribution in [1.29, 1.82) is 0 Å². The summed E-state index contributed by atoms with van der Waals surface area (Å²) in [5.74, 6) is 1.25. The van der Waals surface area contributed by atoms with Crippen molar-refractivity contribution in [2.45, 2.75) is 37.1 Å². The first kappa shape index (κ1) is 20.5. The van der Waals surface area contributed by atoms with Crippen molar-refractivity contribution >= 4 is 27.3 Å². The maximum Gasteiger partial charge on any atom is 0.264 e. The van der Waals surface area contributed by atoms with Gasteiger partial charge in [-0.2, -0.15) is 0 Å². The third-order valence-electron chi connectivity index (χ3n) is 5.82. The first-order valence-corrected chi connectivity index (χ1v) is 11.4. The lowest BCUT2D eigenvalue weighted by Crippen LogP contribution is -2.36. The molecule has 1 aliphatic heterocycles. The highest BCUT2D eigenvalue weighted by Crippen LogP contribution is 2.40. The van der Waals surface area contributed by atoms with E-state index >= 15 is 0 Å². The van der Waals surface area contributed by atoms with Crippen LogP contribution in [-0.2, 0) is 21.2 Å². The summed E-state index contributed by atoms with van der Waals surface area (Å²) in [6.07, 6.45) is 2.53. The summed E-state index contributed by atoms with van der Waals surface area (Å²) < 4.78 is 38.4. The molecule has 160 valence electrons. The van der Waals surface area contributed by atoms with E-state index in [4.69, 9.17) is 9.47 Å². The Morgan fingerprint density at radius 3 is 2.47 bits per heavy atom. The fourth-order valence-corrected chi connectivity index (χ4v) is 5.22. The number of carbonyl (C=O) groups is 1. The molecular weight excluding hydrogens is 404 g/mol. The van der Waals surface area contributed by atoms with Crippen LogP contribution in [0, 0.1) is 5.92 Å². The van der Waals surface area contributed by atoms with E-state index in [1.165, 1.54) is 25.6 Å². The molecule has 1 amide bonds. The molecule has 0 N–H and O–H groups in total. The number of anilines is 2. The van der Waals surface area contributed by atoms with E-state index in [1.807, 2.05) is 11.8 Å². The molecule has 1 atom stereocenters. The lowest BCUT2D eigenvalue weighted by molar-refractivity contribution is -0.120. The summed E-state index contributed by atoms with van der Waals surface area (Å²) in [4.78, 5) is 14.7. The third-order valence-corrected chi connectivity index (χ3v) is 7.58. The molecule has 2 aromatic carbocycles. The first-order valence-electron chi connectivity index (χ1n) is 9.95. The normalized spacial score (nSPS) is 18.1. The number of benzene rings is 2. The summed E-state index contributed by atoms with van der Waals surface area (Å²) in [5, 5.41) is 0. The molecule has 30 heavy (non-hydrogen) atoms. The fourth-order valence-electron chi connectivity index (χ4n) is 3.96.